The largest absolute Gasteiger partial charge is 0.352 e. The van der Waals surface area contributed by atoms with E-state index in [1.807, 2.05) is 0 Å². The molecule has 0 aromatic rings. The van der Waals surface area contributed by atoms with Crippen molar-refractivity contribution in [2.75, 3.05) is 7.11 Å². The Hall–Kier alpha value is -0.930. The number of fused-ring (bicyclic) bond motifs is 12. The zero-order chi connectivity index (χ0) is 18.8. The van der Waals surface area contributed by atoms with E-state index in [0.29, 0.717) is 17.1 Å². The third-order valence-electron chi connectivity index (χ3n) is 10.5. The molecule has 150 valence electrons. The zero-order valence-electron chi connectivity index (χ0n) is 17.1. The molecule has 0 radical (unpaired) electrons. The molecule has 1 aliphatic heterocycles. The van der Waals surface area contributed by atoms with Crippen LogP contribution < -0.4 is 0 Å². The highest BCUT2D eigenvalue weighted by Crippen LogP contribution is 2.81. The van der Waals surface area contributed by atoms with Crippen LogP contribution in [-0.2, 0) is 14.3 Å². The summed E-state index contributed by atoms with van der Waals surface area (Å²) >= 11 is 0. The van der Waals surface area contributed by atoms with Crippen molar-refractivity contribution >= 4 is 5.78 Å². The number of allylic oxidation sites excluding steroid dienone is 1. The Kier molecular flexibility index (Phi) is 3.13. The highest BCUT2D eigenvalue weighted by molar-refractivity contribution is 5.91. The molecule has 6 aliphatic carbocycles. The summed E-state index contributed by atoms with van der Waals surface area (Å²) in [5.41, 5.74) is 1.82. The molecule has 3 heteroatoms. The summed E-state index contributed by atoms with van der Waals surface area (Å²) in [6.07, 6.45) is 15.1. The summed E-state index contributed by atoms with van der Waals surface area (Å²) in [7, 11) is 1.77. The first-order valence-corrected chi connectivity index (χ1v) is 11.8. The van der Waals surface area contributed by atoms with Crippen LogP contribution in [0.25, 0.3) is 0 Å². The second kappa shape index (κ2) is 5.21. The van der Waals surface area contributed by atoms with Gasteiger partial charge in [0.15, 0.2) is 12.1 Å². The minimum Gasteiger partial charge on any atom is -0.352 e. The van der Waals surface area contributed by atoms with Gasteiger partial charge in [0.1, 0.15) is 0 Å². The molecule has 7 rings (SSSR count). The van der Waals surface area contributed by atoms with E-state index in [-0.39, 0.29) is 11.9 Å². The van der Waals surface area contributed by atoms with Crippen molar-refractivity contribution in [1.82, 2.24) is 0 Å². The monoisotopic (exact) mass is 380 g/mol. The number of ketones is 1. The first-order chi connectivity index (χ1) is 13.6. The van der Waals surface area contributed by atoms with Crippen LogP contribution in [0.4, 0.5) is 0 Å². The summed E-state index contributed by atoms with van der Waals surface area (Å²) in [5.74, 6) is 6.82. The predicted octanol–water partition coefficient (Wildman–Crippen LogP) is 4.53. The summed E-state index contributed by atoms with van der Waals surface area (Å²) < 4.78 is 12.3. The minimum atomic E-state index is -0.153. The normalized spacial score (nSPS) is 59.9. The van der Waals surface area contributed by atoms with Crippen LogP contribution >= 0.6 is 0 Å². The minimum absolute atomic E-state index is 0.0637. The van der Waals surface area contributed by atoms with Gasteiger partial charge in [-0.05, 0) is 98.0 Å². The second-order valence-electron chi connectivity index (χ2n) is 11.0. The van der Waals surface area contributed by atoms with E-state index >= 15 is 0 Å². The molecule has 28 heavy (non-hydrogen) atoms. The highest BCUT2D eigenvalue weighted by atomic mass is 16.7. The number of hydrogen-bond acceptors (Lipinski definition) is 3. The lowest BCUT2D eigenvalue weighted by molar-refractivity contribution is -0.211. The van der Waals surface area contributed by atoms with Gasteiger partial charge in [0.05, 0.1) is 5.60 Å². The second-order valence-corrected chi connectivity index (χ2v) is 11.0. The quantitative estimate of drug-likeness (QED) is 0.661. The Bertz CT molecular complexity index is 813. The third kappa shape index (κ3) is 1.75. The molecule has 1 spiro atoms. The predicted molar refractivity (Wildman–Crippen MR) is 105 cm³/mol. The molecule has 0 saturated heterocycles. The summed E-state index contributed by atoms with van der Waals surface area (Å²) in [5, 5.41) is 0. The maximum atomic E-state index is 12.1. The van der Waals surface area contributed by atoms with Crippen LogP contribution in [-0.4, -0.2) is 24.8 Å². The zero-order valence-corrected chi connectivity index (χ0v) is 17.1. The molecule has 0 aromatic carbocycles. The molecular weight excluding hydrogens is 348 g/mol. The number of ether oxygens (including phenoxy) is 2. The van der Waals surface area contributed by atoms with Crippen LogP contribution in [0.2, 0.25) is 0 Å². The van der Waals surface area contributed by atoms with Crippen molar-refractivity contribution in [1.29, 1.82) is 0 Å². The van der Waals surface area contributed by atoms with Gasteiger partial charge >= 0.3 is 0 Å². The van der Waals surface area contributed by atoms with E-state index in [1.165, 1.54) is 32.1 Å². The van der Waals surface area contributed by atoms with Gasteiger partial charge in [-0.3, -0.25) is 4.79 Å². The molecule has 3 nitrogen and oxygen atoms in total. The number of hydrogen-bond donors (Lipinski definition) is 0. The number of carbonyl (C=O) groups is 1. The number of methoxy groups -OCH3 is 1. The van der Waals surface area contributed by atoms with Crippen molar-refractivity contribution in [3.8, 4) is 0 Å². The lowest BCUT2D eigenvalue weighted by atomic mass is 9.48. The van der Waals surface area contributed by atoms with E-state index < -0.39 is 0 Å². The lowest BCUT2D eigenvalue weighted by Gasteiger charge is -2.58. The van der Waals surface area contributed by atoms with E-state index in [9.17, 15) is 4.79 Å². The van der Waals surface area contributed by atoms with Gasteiger partial charge in [-0.25, -0.2) is 0 Å². The smallest absolute Gasteiger partial charge is 0.177 e. The fourth-order valence-corrected chi connectivity index (χ4v) is 9.59. The van der Waals surface area contributed by atoms with Gasteiger partial charge in [-0.1, -0.05) is 18.6 Å². The van der Waals surface area contributed by atoms with Crippen molar-refractivity contribution in [2.24, 2.45) is 52.8 Å². The van der Waals surface area contributed by atoms with Crippen molar-refractivity contribution < 1.29 is 14.3 Å². The molecule has 0 bridgehead atoms. The van der Waals surface area contributed by atoms with E-state index in [4.69, 9.17) is 9.47 Å². The maximum absolute atomic E-state index is 12.1. The molecular formula is C25H32O3. The van der Waals surface area contributed by atoms with Crippen molar-refractivity contribution in [3.63, 3.8) is 0 Å². The Labute approximate surface area is 167 Å². The Morgan fingerprint density at radius 3 is 2.86 bits per heavy atom. The Balaban J connectivity index is 1.30. The van der Waals surface area contributed by atoms with Crippen LogP contribution in [0.15, 0.2) is 23.8 Å². The van der Waals surface area contributed by atoms with E-state index in [0.717, 1.165) is 54.3 Å². The third-order valence-corrected chi connectivity index (χ3v) is 10.5. The topological polar surface area (TPSA) is 35.5 Å². The highest BCUT2D eigenvalue weighted by Gasteiger charge is 2.79. The molecule has 0 aromatic heterocycles. The molecule has 0 amide bonds. The summed E-state index contributed by atoms with van der Waals surface area (Å²) in [4.78, 5) is 12.1. The summed E-state index contributed by atoms with van der Waals surface area (Å²) in [6, 6.07) is 0. The van der Waals surface area contributed by atoms with E-state index in [2.05, 4.69) is 25.2 Å². The molecule has 4 unspecified atom stereocenters. The van der Waals surface area contributed by atoms with Crippen molar-refractivity contribution in [3.05, 3.63) is 23.8 Å². The first-order valence-electron chi connectivity index (χ1n) is 11.8. The molecule has 0 N–H and O–H groups in total. The molecule has 11 atom stereocenters. The van der Waals surface area contributed by atoms with Crippen LogP contribution in [0.5, 0.6) is 0 Å². The van der Waals surface area contributed by atoms with Gasteiger partial charge in [-0.2, -0.15) is 0 Å². The van der Waals surface area contributed by atoms with Gasteiger partial charge in [0, 0.05) is 18.9 Å². The molecule has 1 heterocycles. The van der Waals surface area contributed by atoms with Crippen molar-refractivity contribution in [2.45, 2.75) is 63.8 Å². The standard InChI is InChI=1S/C25H32O3/c1-3-24-8-6-15-14-5-4-13(26)10-16(14)17-11-18(17)22(15)23(24)19-12-20(19)25(24)9-7-21(27-2)28-25/h7,9-10,14-15,17-23H,3-6,8,11-12H2,1-2H3/t14-,15?,17-,18-,19+,20-,21?,22?,23?,24+,25+/m1/s1. The van der Waals surface area contributed by atoms with E-state index in [1.54, 1.807) is 12.7 Å². The number of rotatable bonds is 2. The Morgan fingerprint density at radius 2 is 2.07 bits per heavy atom. The number of carbonyl (C=O) groups excluding carboxylic acids is 1. The Morgan fingerprint density at radius 1 is 1.18 bits per heavy atom. The van der Waals surface area contributed by atoms with Gasteiger partial charge in [-0.15, -0.1) is 0 Å². The van der Waals surface area contributed by atoms with Crippen LogP contribution in [0, 0.1) is 52.8 Å². The fourth-order valence-electron chi connectivity index (χ4n) is 9.59. The molecule has 5 fully saturated rings. The first kappa shape index (κ1) is 16.8. The molecule has 5 saturated carbocycles. The van der Waals surface area contributed by atoms with Gasteiger partial charge in [0.25, 0.3) is 0 Å². The van der Waals surface area contributed by atoms with Crippen LogP contribution in [0.3, 0.4) is 0 Å². The maximum Gasteiger partial charge on any atom is 0.177 e. The average molecular weight is 381 g/mol. The molecule has 7 aliphatic rings. The van der Waals surface area contributed by atoms with Gasteiger partial charge in [0.2, 0.25) is 0 Å². The average Bonchev–Trinajstić information content (AvgIpc) is 3.62. The SMILES string of the molecule is CC[C@]12CCC3C(C1[C@H]1C[C@H]1[C@@]21C=CC(OC)O1)[C@@H]1C[C@@H]1C1=CC(=O)CC[C@@H]13. The summed E-state index contributed by atoms with van der Waals surface area (Å²) in [6.45, 7) is 2.43. The van der Waals surface area contributed by atoms with Crippen LogP contribution in [0.1, 0.15) is 51.9 Å². The van der Waals surface area contributed by atoms with Gasteiger partial charge < -0.3 is 9.47 Å². The fraction of sp³-hybridized carbons (Fsp3) is 0.800. The lowest BCUT2D eigenvalue weighted by Crippen LogP contribution is -2.57.